The lowest BCUT2D eigenvalue weighted by atomic mass is 9.86. The molecule has 100 valence electrons. The van der Waals surface area contributed by atoms with E-state index < -0.39 is 0 Å². The largest absolute Gasteiger partial charge is 0.382 e. The van der Waals surface area contributed by atoms with E-state index in [1.807, 2.05) is 0 Å². The second-order valence-electron chi connectivity index (χ2n) is 5.40. The van der Waals surface area contributed by atoms with Crippen LogP contribution in [-0.2, 0) is 0 Å². The van der Waals surface area contributed by atoms with Gasteiger partial charge in [0.1, 0.15) is 12.7 Å². The Hall–Kier alpha value is -1.84. The van der Waals surface area contributed by atoms with E-state index in [9.17, 15) is 0 Å². The quantitative estimate of drug-likeness (QED) is 0.916. The number of nitrogens with zero attached hydrogens (tertiary/aromatic N) is 3. The van der Waals surface area contributed by atoms with Crippen LogP contribution in [0.2, 0.25) is 0 Å². The molecule has 0 saturated heterocycles. The second kappa shape index (κ2) is 5.43. The third kappa shape index (κ3) is 2.78. The first-order valence-corrected chi connectivity index (χ1v) is 7.04. The van der Waals surface area contributed by atoms with Gasteiger partial charge in [-0.1, -0.05) is 19.8 Å². The smallest absolute Gasteiger partial charge is 0.138 e. The number of anilines is 1. The number of hydrogen-bond donors (Lipinski definition) is 1. The molecular weight excluding hydrogens is 236 g/mol. The SMILES string of the molecule is CC1CCCCC1Nc1ccc(-n2cncn2)cc1. The molecule has 1 fully saturated rings. The molecule has 1 aliphatic carbocycles. The second-order valence-corrected chi connectivity index (χ2v) is 5.40. The topological polar surface area (TPSA) is 42.7 Å². The van der Waals surface area contributed by atoms with Gasteiger partial charge >= 0.3 is 0 Å². The molecule has 2 unspecified atom stereocenters. The Balaban J connectivity index is 1.69. The van der Waals surface area contributed by atoms with Crippen molar-refractivity contribution in [1.29, 1.82) is 0 Å². The third-order valence-corrected chi connectivity index (χ3v) is 4.01. The highest BCUT2D eigenvalue weighted by atomic mass is 15.3. The van der Waals surface area contributed by atoms with Gasteiger partial charge in [-0.2, -0.15) is 5.10 Å². The number of aromatic nitrogens is 3. The molecule has 0 aliphatic heterocycles. The summed E-state index contributed by atoms with van der Waals surface area (Å²) in [5, 5.41) is 7.79. The number of nitrogens with one attached hydrogen (secondary N) is 1. The van der Waals surface area contributed by atoms with Crippen LogP contribution in [0.3, 0.4) is 0 Å². The fraction of sp³-hybridized carbons (Fsp3) is 0.467. The first kappa shape index (κ1) is 12.2. The lowest BCUT2D eigenvalue weighted by Crippen LogP contribution is -2.30. The van der Waals surface area contributed by atoms with Crippen molar-refractivity contribution in [2.75, 3.05) is 5.32 Å². The first-order valence-electron chi connectivity index (χ1n) is 7.04. The van der Waals surface area contributed by atoms with Crippen LogP contribution in [0.25, 0.3) is 5.69 Å². The minimum absolute atomic E-state index is 0.617. The van der Waals surface area contributed by atoms with Crippen molar-refractivity contribution in [1.82, 2.24) is 14.8 Å². The summed E-state index contributed by atoms with van der Waals surface area (Å²) in [5.74, 6) is 0.767. The summed E-state index contributed by atoms with van der Waals surface area (Å²) in [4.78, 5) is 3.96. The molecule has 0 radical (unpaired) electrons. The van der Waals surface area contributed by atoms with Crippen molar-refractivity contribution in [2.45, 2.75) is 38.6 Å². The Morgan fingerprint density at radius 2 is 1.95 bits per heavy atom. The molecule has 3 rings (SSSR count). The van der Waals surface area contributed by atoms with Crippen LogP contribution in [0.1, 0.15) is 32.6 Å². The lowest BCUT2D eigenvalue weighted by molar-refractivity contribution is 0.349. The summed E-state index contributed by atoms with van der Waals surface area (Å²) in [6.45, 7) is 2.35. The normalized spacial score (nSPS) is 23.2. The van der Waals surface area contributed by atoms with Gasteiger partial charge in [0.15, 0.2) is 0 Å². The van der Waals surface area contributed by atoms with E-state index in [4.69, 9.17) is 0 Å². The third-order valence-electron chi connectivity index (χ3n) is 4.01. The van der Waals surface area contributed by atoms with Crippen molar-refractivity contribution >= 4 is 5.69 Å². The molecule has 1 saturated carbocycles. The van der Waals surface area contributed by atoms with Crippen LogP contribution >= 0.6 is 0 Å². The van der Waals surface area contributed by atoms with Crippen LogP contribution < -0.4 is 5.32 Å². The Morgan fingerprint density at radius 1 is 1.16 bits per heavy atom. The molecule has 2 atom stereocenters. The fourth-order valence-corrected chi connectivity index (χ4v) is 2.80. The molecule has 1 heterocycles. The van der Waals surface area contributed by atoms with Crippen molar-refractivity contribution < 1.29 is 0 Å². The molecule has 1 aromatic carbocycles. The van der Waals surface area contributed by atoms with E-state index in [0.717, 1.165) is 11.6 Å². The molecule has 1 aliphatic rings. The minimum Gasteiger partial charge on any atom is -0.382 e. The minimum atomic E-state index is 0.617. The van der Waals surface area contributed by atoms with Crippen LogP contribution in [-0.4, -0.2) is 20.8 Å². The Kier molecular flexibility index (Phi) is 3.49. The molecule has 0 amide bonds. The molecule has 1 aromatic heterocycles. The summed E-state index contributed by atoms with van der Waals surface area (Å²) in [7, 11) is 0. The number of benzene rings is 1. The highest BCUT2D eigenvalue weighted by Crippen LogP contribution is 2.27. The van der Waals surface area contributed by atoms with Gasteiger partial charge in [0.25, 0.3) is 0 Å². The van der Waals surface area contributed by atoms with E-state index in [-0.39, 0.29) is 0 Å². The zero-order chi connectivity index (χ0) is 13.1. The molecule has 2 aromatic rings. The molecule has 0 bridgehead atoms. The van der Waals surface area contributed by atoms with Gasteiger partial charge < -0.3 is 5.32 Å². The van der Waals surface area contributed by atoms with Crippen molar-refractivity contribution in [3.8, 4) is 5.69 Å². The molecular formula is C15H20N4. The van der Waals surface area contributed by atoms with Gasteiger partial charge in [0.2, 0.25) is 0 Å². The van der Waals surface area contributed by atoms with E-state index in [0.29, 0.717) is 6.04 Å². The molecule has 4 heteroatoms. The fourth-order valence-electron chi connectivity index (χ4n) is 2.80. The maximum absolute atomic E-state index is 4.13. The van der Waals surface area contributed by atoms with Crippen molar-refractivity contribution in [2.24, 2.45) is 5.92 Å². The van der Waals surface area contributed by atoms with Gasteiger partial charge in [0.05, 0.1) is 5.69 Å². The Morgan fingerprint density at radius 3 is 2.63 bits per heavy atom. The lowest BCUT2D eigenvalue weighted by Gasteiger charge is -2.30. The Labute approximate surface area is 113 Å². The average molecular weight is 256 g/mol. The van der Waals surface area contributed by atoms with Gasteiger partial charge in [0, 0.05) is 11.7 Å². The zero-order valence-electron chi connectivity index (χ0n) is 11.3. The summed E-state index contributed by atoms with van der Waals surface area (Å²) in [6, 6.07) is 9.01. The van der Waals surface area contributed by atoms with E-state index in [1.165, 1.54) is 31.4 Å². The molecule has 19 heavy (non-hydrogen) atoms. The van der Waals surface area contributed by atoms with Crippen LogP contribution in [0, 0.1) is 5.92 Å². The van der Waals surface area contributed by atoms with Crippen LogP contribution in [0.4, 0.5) is 5.69 Å². The van der Waals surface area contributed by atoms with Gasteiger partial charge in [-0.25, -0.2) is 9.67 Å². The van der Waals surface area contributed by atoms with Gasteiger partial charge in [-0.05, 0) is 43.0 Å². The first-order chi connectivity index (χ1) is 9.33. The summed E-state index contributed by atoms with van der Waals surface area (Å²) < 4.78 is 1.77. The molecule has 4 nitrogen and oxygen atoms in total. The van der Waals surface area contributed by atoms with Crippen molar-refractivity contribution in [3.63, 3.8) is 0 Å². The van der Waals surface area contributed by atoms with Crippen LogP contribution in [0.5, 0.6) is 0 Å². The predicted molar refractivity (Wildman–Crippen MR) is 76.4 cm³/mol. The maximum atomic E-state index is 4.13. The highest BCUT2D eigenvalue weighted by Gasteiger charge is 2.20. The van der Waals surface area contributed by atoms with Crippen LogP contribution in [0.15, 0.2) is 36.9 Å². The van der Waals surface area contributed by atoms with Crippen molar-refractivity contribution in [3.05, 3.63) is 36.9 Å². The standard InChI is InChI=1S/C15H20N4/c1-12-4-2-3-5-15(12)18-13-6-8-14(9-7-13)19-11-16-10-17-19/h6-12,15,18H,2-5H2,1H3. The highest BCUT2D eigenvalue weighted by molar-refractivity contribution is 5.49. The molecule has 0 spiro atoms. The maximum Gasteiger partial charge on any atom is 0.138 e. The summed E-state index contributed by atoms with van der Waals surface area (Å²) in [5.41, 5.74) is 2.24. The Bertz CT molecular complexity index is 503. The van der Waals surface area contributed by atoms with Gasteiger partial charge in [-0.3, -0.25) is 0 Å². The summed E-state index contributed by atoms with van der Waals surface area (Å²) >= 11 is 0. The predicted octanol–water partition coefficient (Wildman–Crippen LogP) is 3.26. The monoisotopic (exact) mass is 256 g/mol. The zero-order valence-corrected chi connectivity index (χ0v) is 11.3. The van der Waals surface area contributed by atoms with E-state index in [2.05, 4.69) is 46.6 Å². The molecule has 1 N–H and O–H groups in total. The number of rotatable bonds is 3. The average Bonchev–Trinajstić information content (AvgIpc) is 2.96. The summed E-state index contributed by atoms with van der Waals surface area (Å²) in [6.07, 6.45) is 8.62. The number of hydrogen-bond acceptors (Lipinski definition) is 3. The van der Waals surface area contributed by atoms with Gasteiger partial charge in [-0.15, -0.1) is 0 Å². The van der Waals surface area contributed by atoms with E-state index in [1.54, 1.807) is 17.3 Å². The van der Waals surface area contributed by atoms with E-state index >= 15 is 0 Å².